The maximum absolute atomic E-state index is 12.6. The second-order valence-corrected chi connectivity index (χ2v) is 5.01. The molecule has 2 aromatic carbocycles. The molecule has 2 rings (SSSR count). The third-order valence-corrected chi connectivity index (χ3v) is 3.79. The Labute approximate surface area is 119 Å². The Kier molecular flexibility index (Phi) is 4.31. The van der Waals surface area contributed by atoms with Crippen LogP contribution < -0.4 is 4.52 Å². The molecule has 0 aliphatic heterocycles. The van der Waals surface area contributed by atoms with E-state index >= 15 is 0 Å². The molecule has 2 aromatic rings. The van der Waals surface area contributed by atoms with E-state index in [-0.39, 0.29) is 5.78 Å². The second kappa shape index (κ2) is 5.98. The van der Waals surface area contributed by atoms with Crippen molar-refractivity contribution in [2.24, 2.45) is 0 Å². The highest BCUT2D eigenvalue weighted by Gasteiger charge is 2.20. The van der Waals surface area contributed by atoms with Crippen molar-refractivity contribution in [3.63, 3.8) is 0 Å². The van der Waals surface area contributed by atoms with Crippen molar-refractivity contribution in [2.45, 2.75) is 20.8 Å². The number of rotatable bonds is 4. The normalized spacial score (nSPS) is 10.6. The zero-order chi connectivity index (χ0) is 14.7. The van der Waals surface area contributed by atoms with Crippen molar-refractivity contribution in [3.8, 4) is 5.75 Å². The minimum absolute atomic E-state index is 0.121. The standard InChI is InChI=1S/C16H15O3P/c1-10-9-14(19-20-18)15(12(3)11(10)2)16(17)13-7-5-4-6-8-13/h4-9H,1-3H3. The Balaban J connectivity index is 2.63. The molecule has 0 spiro atoms. The van der Waals surface area contributed by atoms with E-state index in [1.165, 1.54) is 0 Å². The molecule has 0 saturated carbocycles. The van der Waals surface area contributed by atoms with Gasteiger partial charge in [-0.05, 0) is 43.5 Å². The lowest BCUT2D eigenvalue weighted by Gasteiger charge is -2.14. The molecule has 0 atom stereocenters. The van der Waals surface area contributed by atoms with Crippen molar-refractivity contribution in [1.82, 2.24) is 0 Å². The maximum Gasteiger partial charge on any atom is 0.395 e. The quantitative estimate of drug-likeness (QED) is 0.617. The van der Waals surface area contributed by atoms with Gasteiger partial charge in [-0.3, -0.25) is 4.79 Å². The van der Waals surface area contributed by atoms with Gasteiger partial charge in [-0.15, -0.1) is 0 Å². The zero-order valence-corrected chi connectivity index (χ0v) is 12.5. The number of hydrogen-bond donors (Lipinski definition) is 0. The Hall–Kier alpha value is -1.99. The zero-order valence-electron chi connectivity index (χ0n) is 11.6. The van der Waals surface area contributed by atoms with Crippen LogP contribution in [0.5, 0.6) is 5.75 Å². The molecule has 0 fully saturated rings. The first-order valence-corrected chi connectivity index (χ1v) is 6.99. The van der Waals surface area contributed by atoms with E-state index in [0.717, 1.165) is 16.7 Å². The highest BCUT2D eigenvalue weighted by atomic mass is 31.1. The lowest BCUT2D eigenvalue weighted by molar-refractivity contribution is 0.103. The summed E-state index contributed by atoms with van der Waals surface area (Å²) in [7, 11) is -0.464. The van der Waals surface area contributed by atoms with E-state index in [4.69, 9.17) is 4.52 Å². The molecule has 0 heterocycles. The molecular formula is C16H15O3P. The highest BCUT2D eigenvalue weighted by molar-refractivity contribution is 7.17. The largest absolute Gasteiger partial charge is 0.407 e. The summed E-state index contributed by atoms with van der Waals surface area (Å²) in [5, 5.41) is 0. The molecule has 0 radical (unpaired) electrons. The highest BCUT2D eigenvalue weighted by Crippen LogP contribution is 2.31. The molecule has 0 bridgehead atoms. The summed E-state index contributed by atoms with van der Waals surface area (Å²) in [6, 6.07) is 10.8. The van der Waals surface area contributed by atoms with Gasteiger partial charge in [0.05, 0.1) is 5.56 Å². The van der Waals surface area contributed by atoms with Gasteiger partial charge in [-0.2, -0.15) is 0 Å². The smallest absolute Gasteiger partial charge is 0.395 e. The van der Waals surface area contributed by atoms with Crippen molar-refractivity contribution < 1.29 is 13.9 Å². The Bertz CT molecular complexity index is 663. The molecular weight excluding hydrogens is 271 g/mol. The topological polar surface area (TPSA) is 43.4 Å². The van der Waals surface area contributed by atoms with Gasteiger partial charge in [0.1, 0.15) is 5.75 Å². The van der Waals surface area contributed by atoms with Gasteiger partial charge < -0.3 is 4.52 Å². The molecule has 0 aliphatic rings. The Morgan fingerprint density at radius 3 is 2.30 bits per heavy atom. The number of carbonyl (C=O) groups excluding carboxylic acids is 1. The third kappa shape index (κ3) is 2.63. The molecule has 0 aromatic heterocycles. The predicted molar refractivity (Wildman–Crippen MR) is 78.8 cm³/mol. The van der Waals surface area contributed by atoms with Crippen LogP contribution in [0.1, 0.15) is 32.6 Å². The van der Waals surface area contributed by atoms with Crippen LogP contribution >= 0.6 is 8.69 Å². The van der Waals surface area contributed by atoms with Crippen LogP contribution in [0.2, 0.25) is 0 Å². The van der Waals surface area contributed by atoms with Gasteiger partial charge >= 0.3 is 8.69 Å². The van der Waals surface area contributed by atoms with Crippen molar-refractivity contribution in [3.05, 3.63) is 64.2 Å². The minimum atomic E-state index is -0.464. The van der Waals surface area contributed by atoms with Gasteiger partial charge in [0.15, 0.2) is 5.78 Å². The monoisotopic (exact) mass is 286 g/mol. The molecule has 0 aliphatic carbocycles. The number of aryl methyl sites for hydroxylation is 1. The van der Waals surface area contributed by atoms with Crippen molar-refractivity contribution in [2.75, 3.05) is 0 Å². The summed E-state index contributed by atoms with van der Waals surface area (Å²) in [5.74, 6) is 0.237. The van der Waals surface area contributed by atoms with Gasteiger partial charge in [0.25, 0.3) is 0 Å². The molecule has 102 valence electrons. The molecule has 3 nitrogen and oxygen atoms in total. The molecule has 4 heteroatoms. The number of hydrogen-bond acceptors (Lipinski definition) is 3. The van der Waals surface area contributed by atoms with Crippen LogP contribution in [0.3, 0.4) is 0 Å². The van der Waals surface area contributed by atoms with Crippen LogP contribution in [0, 0.1) is 20.8 Å². The predicted octanol–water partition coefficient (Wildman–Crippen LogP) is 4.43. The van der Waals surface area contributed by atoms with Gasteiger partial charge in [-0.1, -0.05) is 30.3 Å². The fraction of sp³-hybridized carbons (Fsp3) is 0.188. The van der Waals surface area contributed by atoms with E-state index in [9.17, 15) is 9.36 Å². The van der Waals surface area contributed by atoms with E-state index in [1.54, 1.807) is 18.2 Å². The Morgan fingerprint density at radius 1 is 1.05 bits per heavy atom. The molecule has 0 N–H and O–H groups in total. The van der Waals surface area contributed by atoms with Crippen LogP contribution in [0.4, 0.5) is 0 Å². The molecule has 20 heavy (non-hydrogen) atoms. The first-order chi connectivity index (χ1) is 9.56. The fourth-order valence-electron chi connectivity index (χ4n) is 2.17. The summed E-state index contributed by atoms with van der Waals surface area (Å²) in [4.78, 5) is 12.6. The summed E-state index contributed by atoms with van der Waals surface area (Å²) in [5.41, 5.74) is 3.97. The van der Waals surface area contributed by atoms with Gasteiger partial charge in [0, 0.05) is 5.56 Å². The van der Waals surface area contributed by atoms with E-state index in [0.29, 0.717) is 16.9 Å². The minimum Gasteiger partial charge on any atom is -0.407 e. The SMILES string of the molecule is Cc1cc(OP=O)c(C(=O)c2ccccc2)c(C)c1C. The summed E-state index contributed by atoms with van der Waals surface area (Å²) in [6.45, 7) is 5.78. The van der Waals surface area contributed by atoms with Crippen molar-refractivity contribution in [1.29, 1.82) is 0 Å². The first kappa shape index (κ1) is 14.4. The fourth-order valence-corrected chi connectivity index (χ4v) is 2.40. The molecule has 0 amide bonds. The third-order valence-electron chi connectivity index (χ3n) is 3.52. The number of ketones is 1. The van der Waals surface area contributed by atoms with E-state index in [1.807, 2.05) is 39.0 Å². The van der Waals surface area contributed by atoms with Gasteiger partial charge in [-0.25, -0.2) is 4.57 Å². The number of carbonyl (C=O) groups is 1. The average Bonchev–Trinajstić information content (AvgIpc) is 2.46. The summed E-state index contributed by atoms with van der Waals surface area (Å²) in [6.07, 6.45) is 0. The maximum atomic E-state index is 12.6. The lowest BCUT2D eigenvalue weighted by Crippen LogP contribution is -2.07. The van der Waals surface area contributed by atoms with E-state index < -0.39 is 8.69 Å². The number of benzene rings is 2. The molecule has 0 unspecified atom stereocenters. The first-order valence-electron chi connectivity index (χ1n) is 6.26. The van der Waals surface area contributed by atoms with Crippen LogP contribution in [-0.2, 0) is 4.57 Å². The summed E-state index contributed by atoms with van der Waals surface area (Å²) < 4.78 is 15.8. The average molecular weight is 286 g/mol. The summed E-state index contributed by atoms with van der Waals surface area (Å²) >= 11 is 0. The molecule has 0 saturated heterocycles. The van der Waals surface area contributed by atoms with Crippen LogP contribution in [0.15, 0.2) is 36.4 Å². The van der Waals surface area contributed by atoms with Crippen LogP contribution in [0.25, 0.3) is 0 Å². The second-order valence-electron chi connectivity index (χ2n) is 4.68. The Morgan fingerprint density at radius 2 is 1.70 bits per heavy atom. The van der Waals surface area contributed by atoms with Crippen LogP contribution in [-0.4, -0.2) is 5.78 Å². The van der Waals surface area contributed by atoms with Crippen molar-refractivity contribution >= 4 is 14.5 Å². The lowest BCUT2D eigenvalue weighted by atomic mass is 9.92. The van der Waals surface area contributed by atoms with E-state index in [2.05, 4.69) is 0 Å². The van der Waals surface area contributed by atoms with Gasteiger partial charge in [0.2, 0.25) is 0 Å².